The molecule has 138 valence electrons. The van der Waals surface area contributed by atoms with Gasteiger partial charge in [-0.2, -0.15) is 0 Å². The van der Waals surface area contributed by atoms with Crippen LogP contribution >= 0.6 is 0 Å². The first-order valence-corrected chi connectivity index (χ1v) is 9.69. The molecule has 0 fully saturated rings. The van der Waals surface area contributed by atoms with Crippen LogP contribution < -0.4 is 0 Å². The van der Waals surface area contributed by atoms with Gasteiger partial charge < -0.3 is 4.57 Å². The van der Waals surface area contributed by atoms with Gasteiger partial charge in [-0.25, -0.2) is 0 Å². The topological polar surface area (TPSA) is 48.1 Å². The summed E-state index contributed by atoms with van der Waals surface area (Å²) in [4.78, 5) is 11.2. The lowest BCUT2D eigenvalue weighted by molar-refractivity contribution is -0.384. The zero-order valence-corrected chi connectivity index (χ0v) is 15.5. The van der Waals surface area contributed by atoms with Gasteiger partial charge in [0.05, 0.1) is 16.0 Å². The Balaban J connectivity index is 1.80. The predicted octanol–water partition coefficient (Wildman–Crippen LogP) is 6.08. The van der Waals surface area contributed by atoms with E-state index in [0.717, 1.165) is 29.6 Å². The third-order valence-corrected chi connectivity index (χ3v) is 5.70. The second kappa shape index (κ2) is 6.64. The lowest BCUT2D eigenvalue weighted by atomic mass is 9.94. The molecule has 3 aromatic carbocycles. The largest absolute Gasteiger partial charge is 0.313 e. The monoisotopic (exact) mass is 368 g/mol. The summed E-state index contributed by atoms with van der Waals surface area (Å²) in [5, 5.41) is 12.8. The van der Waals surface area contributed by atoms with Crippen LogP contribution in [0.2, 0.25) is 0 Å². The molecule has 0 spiro atoms. The average molecular weight is 368 g/mol. The maximum Gasteiger partial charge on any atom is 0.277 e. The first kappa shape index (κ1) is 16.8. The summed E-state index contributed by atoms with van der Waals surface area (Å²) < 4.78 is 2.35. The van der Waals surface area contributed by atoms with Crippen molar-refractivity contribution in [3.05, 3.63) is 94.2 Å². The van der Waals surface area contributed by atoms with E-state index in [1.807, 2.05) is 24.3 Å². The normalized spacial score (nSPS) is 13.4. The number of hydrogen-bond donors (Lipinski definition) is 0. The molecule has 1 aliphatic rings. The molecule has 0 unspecified atom stereocenters. The third kappa shape index (κ3) is 2.61. The highest BCUT2D eigenvalue weighted by Gasteiger charge is 2.22. The molecule has 28 heavy (non-hydrogen) atoms. The number of para-hydroxylation sites is 2. The Morgan fingerprint density at radius 2 is 1.61 bits per heavy atom. The van der Waals surface area contributed by atoms with Gasteiger partial charge in [-0.15, -0.1) is 0 Å². The number of benzene rings is 3. The summed E-state index contributed by atoms with van der Waals surface area (Å²) in [5.74, 6) is 0. The SMILES string of the molecule is O=[N+]([O-])c1ccccc1-c1ccc2c3c(n(-c4ccccc4)c2c1)CCCC3. The number of hydrogen-bond acceptors (Lipinski definition) is 2. The van der Waals surface area contributed by atoms with Crippen LogP contribution in [-0.4, -0.2) is 9.49 Å². The van der Waals surface area contributed by atoms with Crippen molar-refractivity contribution in [2.75, 3.05) is 0 Å². The molecule has 1 aliphatic carbocycles. The number of nitro benzene ring substituents is 1. The van der Waals surface area contributed by atoms with Gasteiger partial charge in [-0.3, -0.25) is 10.1 Å². The molecule has 0 saturated heterocycles. The molecule has 0 amide bonds. The molecule has 0 N–H and O–H groups in total. The fourth-order valence-corrected chi connectivity index (χ4v) is 4.46. The molecule has 0 bridgehead atoms. The molecular weight excluding hydrogens is 348 g/mol. The van der Waals surface area contributed by atoms with E-state index in [9.17, 15) is 10.1 Å². The van der Waals surface area contributed by atoms with Gasteiger partial charge in [-0.1, -0.05) is 42.5 Å². The first-order valence-electron chi connectivity index (χ1n) is 9.69. The molecule has 5 rings (SSSR count). The highest BCUT2D eigenvalue weighted by molar-refractivity contribution is 5.92. The summed E-state index contributed by atoms with van der Waals surface area (Å²) in [5.41, 5.74) is 6.78. The average Bonchev–Trinajstić information content (AvgIpc) is 3.08. The van der Waals surface area contributed by atoms with Crippen molar-refractivity contribution < 1.29 is 4.92 Å². The highest BCUT2D eigenvalue weighted by Crippen LogP contribution is 2.38. The number of fused-ring (bicyclic) bond motifs is 3. The maximum absolute atomic E-state index is 11.5. The number of rotatable bonds is 3. The van der Waals surface area contributed by atoms with Crippen molar-refractivity contribution in [1.82, 2.24) is 4.57 Å². The van der Waals surface area contributed by atoms with Crippen molar-refractivity contribution in [2.45, 2.75) is 25.7 Å². The summed E-state index contributed by atoms with van der Waals surface area (Å²) in [6.07, 6.45) is 4.58. The minimum atomic E-state index is -0.305. The Hall–Kier alpha value is -3.40. The Labute approximate surface area is 163 Å². The van der Waals surface area contributed by atoms with Crippen LogP contribution in [0.5, 0.6) is 0 Å². The van der Waals surface area contributed by atoms with E-state index in [4.69, 9.17) is 0 Å². The number of aryl methyl sites for hydroxylation is 1. The minimum absolute atomic E-state index is 0.143. The summed E-state index contributed by atoms with van der Waals surface area (Å²) in [7, 11) is 0. The molecule has 0 saturated carbocycles. The molecular formula is C24H20N2O2. The third-order valence-electron chi connectivity index (χ3n) is 5.70. The van der Waals surface area contributed by atoms with E-state index in [1.165, 1.54) is 29.5 Å². The van der Waals surface area contributed by atoms with Crippen LogP contribution in [0, 0.1) is 10.1 Å². The van der Waals surface area contributed by atoms with Gasteiger partial charge >= 0.3 is 0 Å². The Morgan fingerprint density at radius 3 is 2.43 bits per heavy atom. The van der Waals surface area contributed by atoms with Gasteiger partial charge in [0, 0.05) is 22.8 Å². The summed E-state index contributed by atoms with van der Waals surface area (Å²) >= 11 is 0. The lowest BCUT2D eigenvalue weighted by Crippen LogP contribution is -2.06. The molecule has 0 atom stereocenters. The number of nitrogens with zero attached hydrogens (tertiary/aromatic N) is 2. The summed E-state index contributed by atoms with van der Waals surface area (Å²) in [6.45, 7) is 0. The van der Waals surface area contributed by atoms with Crippen LogP contribution in [0.25, 0.3) is 27.7 Å². The minimum Gasteiger partial charge on any atom is -0.313 e. The second-order valence-electron chi connectivity index (χ2n) is 7.31. The van der Waals surface area contributed by atoms with Crippen LogP contribution in [0.3, 0.4) is 0 Å². The molecule has 1 aromatic heterocycles. The molecule has 4 heteroatoms. The van der Waals surface area contributed by atoms with E-state index in [-0.39, 0.29) is 10.6 Å². The number of aromatic nitrogens is 1. The molecule has 0 radical (unpaired) electrons. The Kier molecular flexibility index (Phi) is 3.97. The van der Waals surface area contributed by atoms with Crippen LogP contribution in [0.15, 0.2) is 72.8 Å². The van der Waals surface area contributed by atoms with Gasteiger partial charge in [0.1, 0.15) is 0 Å². The van der Waals surface area contributed by atoms with E-state index in [1.54, 1.807) is 12.1 Å². The predicted molar refractivity (Wildman–Crippen MR) is 112 cm³/mol. The van der Waals surface area contributed by atoms with Crippen molar-refractivity contribution in [2.24, 2.45) is 0 Å². The lowest BCUT2D eigenvalue weighted by Gasteiger charge is -2.16. The standard InChI is InChI=1S/C24H20N2O2/c27-26(28)23-13-7-4-10-19(23)17-14-15-21-20-11-5-6-12-22(20)25(24(21)16-17)18-8-2-1-3-9-18/h1-4,7-10,13-16H,5-6,11-12H2. The summed E-state index contributed by atoms with van der Waals surface area (Å²) in [6, 6.07) is 23.7. The van der Waals surface area contributed by atoms with Gasteiger partial charge in [0.15, 0.2) is 0 Å². The quantitative estimate of drug-likeness (QED) is 0.325. The smallest absolute Gasteiger partial charge is 0.277 e. The second-order valence-corrected chi connectivity index (χ2v) is 7.31. The van der Waals surface area contributed by atoms with Crippen molar-refractivity contribution >= 4 is 16.6 Å². The molecule has 4 nitrogen and oxygen atoms in total. The fourth-order valence-electron chi connectivity index (χ4n) is 4.46. The van der Waals surface area contributed by atoms with Gasteiger partial charge in [0.25, 0.3) is 5.69 Å². The molecule has 4 aromatic rings. The van der Waals surface area contributed by atoms with E-state index in [0.29, 0.717) is 5.56 Å². The van der Waals surface area contributed by atoms with E-state index < -0.39 is 0 Å². The van der Waals surface area contributed by atoms with Crippen LogP contribution in [-0.2, 0) is 12.8 Å². The zero-order chi connectivity index (χ0) is 19.1. The van der Waals surface area contributed by atoms with E-state index in [2.05, 4.69) is 41.0 Å². The van der Waals surface area contributed by atoms with Crippen LogP contribution in [0.1, 0.15) is 24.1 Å². The molecule has 1 heterocycles. The highest BCUT2D eigenvalue weighted by atomic mass is 16.6. The fraction of sp³-hybridized carbons (Fsp3) is 0.167. The Morgan fingerprint density at radius 1 is 0.857 bits per heavy atom. The van der Waals surface area contributed by atoms with Crippen LogP contribution in [0.4, 0.5) is 5.69 Å². The maximum atomic E-state index is 11.5. The van der Waals surface area contributed by atoms with Crippen molar-refractivity contribution in [1.29, 1.82) is 0 Å². The molecule has 0 aliphatic heterocycles. The van der Waals surface area contributed by atoms with Gasteiger partial charge in [-0.05, 0) is 61.1 Å². The zero-order valence-electron chi connectivity index (χ0n) is 15.5. The number of nitro groups is 1. The van der Waals surface area contributed by atoms with Crippen molar-refractivity contribution in [3.63, 3.8) is 0 Å². The Bertz CT molecular complexity index is 1190. The first-order chi connectivity index (χ1) is 13.7. The van der Waals surface area contributed by atoms with Gasteiger partial charge in [0.2, 0.25) is 0 Å². The van der Waals surface area contributed by atoms with E-state index >= 15 is 0 Å². The van der Waals surface area contributed by atoms with Crippen molar-refractivity contribution in [3.8, 4) is 16.8 Å².